The molecule has 94 valence electrons. The minimum absolute atomic E-state index is 0.357. The first-order chi connectivity index (χ1) is 8.29. The summed E-state index contributed by atoms with van der Waals surface area (Å²) in [6.45, 7) is 0.655. The molecule has 2 unspecified atom stereocenters. The van der Waals surface area contributed by atoms with Crippen LogP contribution >= 0.6 is 0 Å². The number of hydrogen-bond acceptors (Lipinski definition) is 3. The predicted molar refractivity (Wildman–Crippen MR) is 71.0 cm³/mol. The highest BCUT2D eigenvalue weighted by Crippen LogP contribution is 2.23. The molecule has 1 aromatic rings. The number of nitrogens with one attached hydrogen (secondary N) is 1. The van der Waals surface area contributed by atoms with Gasteiger partial charge in [0.25, 0.3) is 0 Å². The molecule has 0 saturated heterocycles. The number of nitrogens with two attached hydrogens (primary N) is 1. The molecule has 0 spiro atoms. The lowest BCUT2D eigenvalue weighted by molar-refractivity contribution is 0.185. The van der Waals surface area contributed by atoms with Crippen molar-refractivity contribution >= 4 is 5.69 Å². The first-order valence-electron chi connectivity index (χ1n) is 6.38. The number of rotatable bonds is 4. The van der Waals surface area contributed by atoms with Crippen LogP contribution in [-0.4, -0.2) is 19.2 Å². The Balaban J connectivity index is 2.01. The second kappa shape index (κ2) is 6.03. The molecule has 1 saturated carbocycles. The van der Waals surface area contributed by atoms with Crippen LogP contribution in [-0.2, 0) is 11.3 Å². The maximum absolute atomic E-state index is 6.01. The fraction of sp³-hybridized carbons (Fsp3) is 0.571. The van der Waals surface area contributed by atoms with Crippen molar-refractivity contribution in [1.82, 2.24) is 0 Å². The second-order valence-corrected chi connectivity index (χ2v) is 4.86. The van der Waals surface area contributed by atoms with Crippen LogP contribution in [0.25, 0.3) is 0 Å². The minimum atomic E-state index is 0.357. The highest BCUT2D eigenvalue weighted by atomic mass is 16.5. The Labute approximate surface area is 103 Å². The van der Waals surface area contributed by atoms with Crippen molar-refractivity contribution in [2.75, 3.05) is 12.4 Å². The Morgan fingerprint density at radius 3 is 2.94 bits per heavy atom. The van der Waals surface area contributed by atoms with E-state index in [1.54, 1.807) is 7.11 Å². The normalized spacial score (nSPS) is 24.6. The molecule has 3 heteroatoms. The van der Waals surface area contributed by atoms with E-state index in [1.165, 1.54) is 24.1 Å². The molecule has 2 rings (SSSR count). The quantitative estimate of drug-likeness (QED) is 0.841. The molecule has 3 N–H and O–H groups in total. The number of anilines is 1. The molecule has 17 heavy (non-hydrogen) atoms. The molecular weight excluding hydrogens is 212 g/mol. The number of methoxy groups -OCH3 is 1. The number of para-hydroxylation sites is 1. The van der Waals surface area contributed by atoms with Gasteiger partial charge >= 0.3 is 0 Å². The zero-order chi connectivity index (χ0) is 12.1. The van der Waals surface area contributed by atoms with E-state index >= 15 is 0 Å². The lowest BCUT2D eigenvalue weighted by Gasteiger charge is -2.29. The van der Waals surface area contributed by atoms with Crippen LogP contribution in [0.1, 0.15) is 31.2 Å². The third-order valence-electron chi connectivity index (χ3n) is 3.39. The van der Waals surface area contributed by atoms with Crippen LogP contribution in [0.3, 0.4) is 0 Å². The molecule has 1 aliphatic carbocycles. The van der Waals surface area contributed by atoms with Crippen LogP contribution in [0.15, 0.2) is 24.3 Å². The summed E-state index contributed by atoms with van der Waals surface area (Å²) in [6.07, 6.45) is 4.68. The highest BCUT2D eigenvalue weighted by molar-refractivity contribution is 5.51. The van der Waals surface area contributed by atoms with Gasteiger partial charge in [-0.1, -0.05) is 18.2 Å². The molecule has 2 atom stereocenters. The highest BCUT2D eigenvalue weighted by Gasteiger charge is 2.19. The standard InChI is InChI=1S/C14H22N2O/c1-17-10-11-5-2-3-8-14(11)16-13-7-4-6-12(15)9-13/h2-3,5,8,12-13,16H,4,6-7,9-10,15H2,1H3. The molecule has 1 aliphatic rings. The Morgan fingerprint density at radius 1 is 1.35 bits per heavy atom. The summed E-state index contributed by atoms with van der Waals surface area (Å²) in [5.74, 6) is 0. The van der Waals surface area contributed by atoms with E-state index in [9.17, 15) is 0 Å². The van der Waals surface area contributed by atoms with Gasteiger partial charge in [0.15, 0.2) is 0 Å². The van der Waals surface area contributed by atoms with Crippen LogP contribution < -0.4 is 11.1 Å². The van der Waals surface area contributed by atoms with Crippen molar-refractivity contribution in [3.63, 3.8) is 0 Å². The van der Waals surface area contributed by atoms with Gasteiger partial charge in [0, 0.05) is 30.4 Å². The van der Waals surface area contributed by atoms with Gasteiger partial charge in [-0.3, -0.25) is 0 Å². The summed E-state index contributed by atoms with van der Waals surface area (Å²) in [7, 11) is 1.73. The third kappa shape index (κ3) is 3.45. The topological polar surface area (TPSA) is 47.3 Å². The van der Waals surface area contributed by atoms with Crippen molar-refractivity contribution in [2.24, 2.45) is 5.73 Å². The van der Waals surface area contributed by atoms with E-state index in [-0.39, 0.29) is 0 Å². The molecule has 1 fully saturated rings. The average molecular weight is 234 g/mol. The number of hydrogen-bond donors (Lipinski definition) is 2. The van der Waals surface area contributed by atoms with Crippen LogP contribution in [0.2, 0.25) is 0 Å². The Morgan fingerprint density at radius 2 is 2.18 bits per heavy atom. The maximum atomic E-state index is 6.01. The second-order valence-electron chi connectivity index (χ2n) is 4.86. The molecule has 0 aliphatic heterocycles. The van der Waals surface area contributed by atoms with Crippen molar-refractivity contribution in [3.05, 3.63) is 29.8 Å². The van der Waals surface area contributed by atoms with Crippen LogP contribution in [0, 0.1) is 0 Å². The van der Waals surface area contributed by atoms with Gasteiger partial charge in [-0.05, 0) is 31.7 Å². The molecule has 0 heterocycles. The summed E-state index contributed by atoms with van der Waals surface area (Å²) < 4.78 is 5.21. The molecule has 0 amide bonds. The van der Waals surface area contributed by atoms with E-state index < -0.39 is 0 Å². The van der Waals surface area contributed by atoms with Gasteiger partial charge in [0.2, 0.25) is 0 Å². The zero-order valence-electron chi connectivity index (χ0n) is 10.5. The lowest BCUT2D eigenvalue weighted by Crippen LogP contribution is -2.35. The summed E-state index contributed by atoms with van der Waals surface area (Å²) in [5, 5.41) is 3.60. The summed E-state index contributed by atoms with van der Waals surface area (Å²) in [5.41, 5.74) is 8.42. The van der Waals surface area contributed by atoms with E-state index in [2.05, 4.69) is 23.5 Å². The maximum Gasteiger partial charge on any atom is 0.0733 e. The van der Waals surface area contributed by atoms with E-state index in [1.807, 2.05) is 6.07 Å². The van der Waals surface area contributed by atoms with Gasteiger partial charge in [-0.15, -0.1) is 0 Å². The molecular formula is C14H22N2O. The third-order valence-corrected chi connectivity index (χ3v) is 3.39. The largest absolute Gasteiger partial charge is 0.382 e. The SMILES string of the molecule is COCc1ccccc1NC1CCCC(N)C1. The fourth-order valence-corrected chi connectivity index (χ4v) is 2.52. The van der Waals surface area contributed by atoms with E-state index in [0.29, 0.717) is 18.7 Å². The van der Waals surface area contributed by atoms with Crippen molar-refractivity contribution < 1.29 is 4.74 Å². The first kappa shape index (κ1) is 12.4. The van der Waals surface area contributed by atoms with Gasteiger partial charge in [0.1, 0.15) is 0 Å². The smallest absolute Gasteiger partial charge is 0.0733 e. The van der Waals surface area contributed by atoms with Gasteiger partial charge in [0.05, 0.1) is 6.61 Å². The number of benzene rings is 1. The average Bonchev–Trinajstić information content (AvgIpc) is 2.32. The Hall–Kier alpha value is -1.06. The van der Waals surface area contributed by atoms with Crippen molar-refractivity contribution in [3.8, 4) is 0 Å². The van der Waals surface area contributed by atoms with Crippen molar-refractivity contribution in [1.29, 1.82) is 0 Å². The molecule has 0 aromatic heterocycles. The Bertz CT molecular complexity index is 354. The first-order valence-corrected chi connectivity index (χ1v) is 6.38. The van der Waals surface area contributed by atoms with Gasteiger partial charge < -0.3 is 15.8 Å². The van der Waals surface area contributed by atoms with Gasteiger partial charge in [-0.2, -0.15) is 0 Å². The van der Waals surface area contributed by atoms with Crippen molar-refractivity contribution in [2.45, 2.75) is 44.4 Å². The monoisotopic (exact) mass is 234 g/mol. The molecule has 3 nitrogen and oxygen atoms in total. The lowest BCUT2D eigenvalue weighted by atomic mass is 9.91. The zero-order valence-corrected chi connectivity index (χ0v) is 10.5. The summed E-state index contributed by atoms with van der Waals surface area (Å²) in [6, 6.07) is 9.20. The predicted octanol–water partition coefficient (Wildman–Crippen LogP) is 2.51. The number of ether oxygens (including phenoxy) is 1. The summed E-state index contributed by atoms with van der Waals surface area (Å²) >= 11 is 0. The fourth-order valence-electron chi connectivity index (χ4n) is 2.52. The molecule has 0 radical (unpaired) electrons. The molecule has 1 aromatic carbocycles. The Kier molecular flexibility index (Phi) is 4.40. The molecule has 0 bridgehead atoms. The van der Waals surface area contributed by atoms with Crippen LogP contribution in [0.4, 0.5) is 5.69 Å². The van der Waals surface area contributed by atoms with E-state index in [0.717, 1.165) is 12.8 Å². The summed E-state index contributed by atoms with van der Waals surface area (Å²) in [4.78, 5) is 0. The minimum Gasteiger partial charge on any atom is -0.382 e. The van der Waals surface area contributed by atoms with Crippen LogP contribution in [0.5, 0.6) is 0 Å². The van der Waals surface area contributed by atoms with E-state index in [4.69, 9.17) is 10.5 Å². The van der Waals surface area contributed by atoms with Gasteiger partial charge in [-0.25, -0.2) is 0 Å².